The lowest BCUT2D eigenvalue weighted by Gasteiger charge is -2.07. The van der Waals surface area contributed by atoms with Crippen LogP contribution in [0.5, 0.6) is 0 Å². The van der Waals surface area contributed by atoms with Crippen molar-refractivity contribution in [2.24, 2.45) is 16.5 Å². The van der Waals surface area contributed by atoms with Crippen LogP contribution in [-0.4, -0.2) is 11.9 Å². The van der Waals surface area contributed by atoms with Gasteiger partial charge in [-0.3, -0.25) is 4.79 Å². The highest BCUT2D eigenvalue weighted by Gasteiger charge is 2.06. The molecule has 21 heavy (non-hydrogen) atoms. The van der Waals surface area contributed by atoms with E-state index in [0.29, 0.717) is 5.76 Å². The summed E-state index contributed by atoms with van der Waals surface area (Å²) in [5.41, 5.74) is 14.2. The number of aliphatic imine (C=N–C) groups is 1. The molecule has 6 heteroatoms. The second-order valence-electron chi connectivity index (χ2n) is 4.76. The van der Waals surface area contributed by atoms with Crippen molar-refractivity contribution in [2.45, 2.75) is 20.4 Å². The molecule has 0 saturated carbocycles. The molecular weight excluding hydrogens is 268 g/mol. The summed E-state index contributed by atoms with van der Waals surface area (Å²) in [6.45, 7) is 4.31. The normalized spacial score (nSPS) is 11.4. The van der Waals surface area contributed by atoms with E-state index in [1.165, 1.54) is 17.2 Å². The lowest BCUT2D eigenvalue weighted by molar-refractivity contribution is 0.0972. The zero-order valence-corrected chi connectivity index (χ0v) is 12.0. The van der Waals surface area contributed by atoms with Gasteiger partial charge in [-0.05, 0) is 49.2 Å². The van der Waals surface area contributed by atoms with Gasteiger partial charge in [0.05, 0.1) is 0 Å². The number of amides is 1. The summed E-state index contributed by atoms with van der Waals surface area (Å²) in [4.78, 5) is 15.1. The van der Waals surface area contributed by atoms with Crippen molar-refractivity contribution in [3.63, 3.8) is 0 Å². The summed E-state index contributed by atoms with van der Waals surface area (Å²) in [5.74, 6) is 0.302. The maximum atomic E-state index is 10.9. The molecule has 1 heterocycles. The van der Waals surface area contributed by atoms with Crippen molar-refractivity contribution >= 4 is 17.6 Å². The topological polar surface area (TPSA) is 107 Å². The minimum absolute atomic E-state index is 0.112. The Morgan fingerprint density at radius 2 is 1.95 bits per heavy atom. The highest BCUT2D eigenvalue weighted by atomic mass is 16.3. The third-order valence-corrected chi connectivity index (χ3v) is 3.09. The summed E-state index contributed by atoms with van der Waals surface area (Å²) >= 11 is 0. The van der Waals surface area contributed by atoms with E-state index in [0.717, 1.165) is 5.69 Å². The predicted molar refractivity (Wildman–Crippen MR) is 82.1 cm³/mol. The Bertz CT molecular complexity index is 689. The molecule has 2 aromatic rings. The molecule has 110 valence electrons. The van der Waals surface area contributed by atoms with Gasteiger partial charge < -0.3 is 21.2 Å². The number of hydrogen-bond acceptors (Lipinski definition) is 3. The molecule has 0 unspecified atom stereocenters. The lowest BCUT2D eigenvalue weighted by Crippen LogP contribution is -2.22. The van der Waals surface area contributed by atoms with Crippen LogP contribution in [0.4, 0.5) is 5.69 Å². The van der Waals surface area contributed by atoms with Crippen molar-refractivity contribution in [3.8, 4) is 0 Å². The molecule has 0 saturated heterocycles. The molecule has 2 rings (SSSR count). The molecule has 0 atom stereocenters. The zero-order chi connectivity index (χ0) is 15.4. The molecule has 0 spiro atoms. The van der Waals surface area contributed by atoms with E-state index in [9.17, 15) is 4.79 Å². The molecule has 0 aliphatic rings. The number of primary amides is 1. The number of carbonyl (C=O) groups is 1. The van der Waals surface area contributed by atoms with E-state index in [1.807, 2.05) is 32.0 Å². The predicted octanol–water partition coefficient (Wildman–Crippen LogP) is 1.92. The average molecular weight is 286 g/mol. The van der Waals surface area contributed by atoms with Gasteiger partial charge in [0.15, 0.2) is 11.7 Å². The van der Waals surface area contributed by atoms with E-state index in [-0.39, 0.29) is 18.3 Å². The van der Waals surface area contributed by atoms with Gasteiger partial charge in [-0.2, -0.15) is 0 Å². The van der Waals surface area contributed by atoms with Crippen molar-refractivity contribution < 1.29 is 9.21 Å². The summed E-state index contributed by atoms with van der Waals surface area (Å²) in [5, 5.41) is 3.00. The van der Waals surface area contributed by atoms with Gasteiger partial charge in [-0.25, -0.2) is 4.99 Å². The lowest BCUT2D eigenvalue weighted by atomic mass is 10.1. The Kier molecular flexibility index (Phi) is 4.27. The first-order valence-corrected chi connectivity index (χ1v) is 6.48. The number of nitrogens with zero attached hydrogens (tertiary/aromatic N) is 1. The van der Waals surface area contributed by atoms with E-state index in [1.54, 1.807) is 6.07 Å². The van der Waals surface area contributed by atoms with Crippen molar-refractivity contribution in [1.82, 2.24) is 0 Å². The Morgan fingerprint density at radius 1 is 1.19 bits per heavy atom. The number of rotatable bonds is 4. The molecule has 1 aromatic carbocycles. The SMILES string of the molecule is Cc1ccc(NC(N)=NCc2ccc(C(N)=O)o2)cc1C. The number of aryl methyl sites for hydroxylation is 2. The fraction of sp³-hybridized carbons (Fsp3) is 0.200. The van der Waals surface area contributed by atoms with Crippen LogP contribution in [0.1, 0.15) is 27.4 Å². The molecular formula is C15H18N4O2. The third-order valence-electron chi connectivity index (χ3n) is 3.09. The number of furan rings is 1. The minimum Gasteiger partial charge on any atom is -0.454 e. The smallest absolute Gasteiger partial charge is 0.284 e. The third kappa shape index (κ3) is 3.85. The Balaban J connectivity index is 2.00. The first-order valence-electron chi connectivity index (χ1n) is 6.48. The Morgan fingerprint density at radius 3 is 2.57 bits per heavy atom. The number of guanidine groups is 1. The van der Waals surface area contributed by atoms with Crippen molar-refractivity contribution in [1.29, 1.82) is 0 Å². The van der Waals surface area contributed by atoms with Gasteiger partial charge in [0.2, 0.25) is 0 Å². The van der Waals surface area contributed by atoms with Crippen LogP contribution in [0, 0.1) is 13.8 Å². The van der Waals surface area contributed by atoms with E-state index in [2.05, 4.69) is 10.3 Å². The molecule has 0 aliphatic heterocycles. The summed E-state index contributed by atoms with van der Waals surface area (Å²) in [6, 6.07) is 9.10. The maximum absolute atomic E-state index is 10.9. The van der Waals surface area contributed by atoms with Crippen molar-refractivity contribution in [3.05, 3.63) is 53.0 Å². The first kappa shape index (κ1) is 14.6. The second kappa shape index (κ2) is 6.13. The second-order valence-corrected chi connectivity index (χ2v) is 4.76. The van der Waals surface area contributed by atoms with Gasteiger partial charge in [0.25, 0.3) is 5.91 Å². The van der Waals surface area contributed by atoms with Gasteiger partial charge in [-0.15, -0.1) is 0 Å². The fourth-order valence-corrected chi connectivity index (χ4v) is 1.76. The number of anilines is 1. The van der Waals surface area contributed by atoms with Crippen LogP contribution in [0.25, 0.3) is 0 Å². The number of carbonyl (C=O) groups excluding carboxylic acids is 1. The Labute approximate surface area is 122 Å². The quantitative estimate of drug-likeness (QED) is 0.589. The molecule has 5 N–H and O–H groups in total. The number of benzene rings is 1. The fourth-order valence-electron chi connectivity index (χ4n) is 1.76. The van der Waals surface area contributed by atoms with Crippen LogP contribution in [0.3, 0.4) is 0 Å². The molecule has 1 amide bonds. The first-order chi connectivity index (χ1) is 9.95. The van der Waals surface area contributed by atoms with E-state index >= 15 is 0 Å². The van der Waals surface area contributed by atoms with Crippen LogP contribution >= 0.6 is 0 Å². The van der Waals surface area contributed by atoms with E-state index in [4.69, 9.17) is 15.9 Å². The molecule has 0 radical (unpaired) electrons. The van der Waals surface area contributed by atoms with Gasteiger partial charge in [0.1, 0.15) is 12.3 Å². The minimum atomic E-state index is -0.605. The van der Waals surface area contributed by atoms with Gasteiger partial charge in [-0.1, -0.05) is 6.07 Å². The molecule has 1 aromatic heterocycles. The van der Waals surface area contributed by atoms with Crippen LogP contribution in [-0.2, 0) is 6.54 Å². The Hall–Kier alpha value is -2.76. The maximum Gasteiger partial charge on any atom is 0.284 e. The highest BCUT2D eigenvalue weighted by molar-refractivity contribution is 5.92. The molecule has 6 nitrogen and oxygen atoms in total. The zero-order valence-electron chi connectivity index (χ0n) is 12.0. The molecule has 0 aliphatic carbocycles. The van der Waals surface area contributed by atoms with Gasteiger partial charge >= 0.3 is 0 Å². The average Bonchev–Trinajstić information content (AvgIpc) is 2.90. The monoisotopic (exact) mass is 286 g/mol. The summed E-state index contributed by atoms with van der Waals surface area (Å²) in [7, 11) is 0. The molecule has 0 fully saturated rings. The van der Waals surface area contributed by atoms with Crippen LogP contribution in [0.15, 0.2) is 39.7 Å². The summed E-state index contributed by atoms with van der Waals surface area (Å²) in [6.07, 6.45) is 0. The van der Waals surface area contributed by atoms with Gasteiger partial charge in [0, 0.05) is 5.69 Å². The highest BCUT2D eigenvalue weighted by Crippen LogP contribution is 2.14. The van der Waals surface area contributed by atoms with Crippen molar-refractivity contribution in [2.75, 3.05) is 5.32 Å². The summed E-state index contributed by atoms with van der Waals surface area (Å²) < 4.78 is 5.22. The van der Waals surface area contributed by atoms with Crippen LogP contribution in [0.2, 0.25) is 0 Å². The van der Waals surface area contributed by atoms with E-state index < -0.39 is 5.91 Å². The standard InChI is InChI=1S/C15H18N4O2/c1-9-3-4-11(7-10(9)2)19-15(17)18-8-12-5-6-13(21-12)14(16)20/h3-7H,8H2,1-2H3,(H2,16,20)(H3,17,18,19). The molecule has 0 bridgehead atoms. The number of nitrogens with one attached hydrogen (secondary N) is 1. The number of hydrogen-bond donors (Lipinski definition) is 3. The number of nitrogens with two attached hydrogens (primary N) is 2. The largest absolute Gasteiger partial charge is 0.454 e. The van der Waals surface area contributed by atoms with Crippen LogP contribution < -0.4 is 16.8 Å².